The number of amides is 1. The smallest absolute Gasteiger partial charge is 0.425 e. The predicted octanol–water partition coefficient (Wildman–Crippen LogP) is 2.36. The van der Waals surface area contributed by atoms with Crippen LogP contribution in [0.1, 0.15) is 37.3 Å². The molecule has 2 unspecified atom stereocenters. The molecule has 2 aromatic heterocycles. The average molecular weight is 509 g/mol. The number of ether oxygens (including phenoxy) is 2. The molecule has 0 radical (unpaired) electrons. The summed E-state index contributed by atoms with van der Waals surface area (Å²) in [6.07, 6.45) is 0.858. The normalized spacial score (nSPS) is 19.8. The largest absolute Gasteiger partial charge is 0.488 e. The second-order valence-corrected chi connectivity index (χ2v) is 8.26. The summed E-state index contributed by atoms with van der Waals surface area (Å²) in [6, 6.07) is 5.64. The fourth-order valence-electron chi connectivity index (χ4n) is 3.84. The van der Waals surface area contributed by atoms with Crippen LogP contribution < -0.4 is 15.2 Å². The van der Waals surface area contributed by atoms with Crippen molar-refractivity contribution in [3.63, 3.8) is 0 Å². The lowest BCUT2D eigenvalue weighted by Gasteiger charge is -2.33. The average Bonchev–Trinajstić information content (AvgIpc) is 3.35. The molecule has 0 aromatic carbocycles. The van der Waals surface area contributed by atoms with Gasteiger partial charge in [0.05, 0.1) is 24.0 Å². The van der Waals surface area contributed by atoms with E-state index in [1.807, 2.05) is 19.1 Å². The molecular formula is C23H27F3N6O4. The van der Waals surface area contributed by atoms with E-state index in [2.05, 4.69) is 15.0 Å². The van der Waals surface area contributed by atoms with Crippen molar-refractivity contribution in [3.05, 3.63) is 46.0 Å². The monoisotopic (exact) mass is 508 g/mol. The van der Waals surface area contributed by atoms with Gasteiger partial charge in [-0.3, -0.25) is 9.59 Å². The third-order valence-electron chi connectivity index (χ3n) is 5.84. The summed E-state index contributed by atoms with van der Waals surface area (Å²) >= 11 is 0. The maximum atomic E-state index is 12.8. The van der Waals surface area contributed by atoms with Gasteiger partial charge in [-0.1, -0.05) is 6.92 Å². The van der Waals surface area contributed by atoms with E-state index in [4.69, 9.17) is 14.7 Å². The summed E-state index contributed by atoms with van der Waals surface area (Å²) in [7, 11) is 0. The van der Waals surface area contributed by atoms with Crippen molar-refractivity contribution in [2.45, 2.75) is 44.6 Å². The number of H-pyrrole nitrogens is 1. The van der Waals surface area contributed by atoms with Crippen LogP contribution >= 0.6 is 0 Å². The van der Waals surface area contributed by atoms with Gasteiger partial charge in [0.25, 0.3) is 5.56 Å². The van der Waals surface area contributed by atoms with Crippen molar-refractivity contribution < 1.29 is 27.4 Å². The number of alkyl halides is 3. The van der Waals surface area contributed by atoms with Crippen LogP contribution in [0.5, 0.6) is 5.75 Å². The van der Waals surface area contributed by atoms with Crippen LogP contribution in [0, 0.1) is 11.3 Å². The van der Waals surface area contributed by atoms with Crippen LogP contribution in [-0.4, -0.2) is 71.5 Å². The minimum atomic E-state index is -4.78. The molecule has 1 N–H and O–H groups in total. The standard InChI is InChI=1S/C12H15F3N2O3.C11H12N4O/c1-2-7-3-4-8(20-7)6-19-9-5-16-17-11(18)10(9)12(13,14)15;12-7-10-1-2-11(13-8-10)15-5-3-14(9-16)4-6-15/h5,7-8H,2-4,6H2,1H3,(H,17,18);1-2,8-9H,3-6H2. The van der Waals surface area contributed by atoms with Crippen molar-refractivity contribution in [2.75, 3.05) is 37.7 Å². The molecule has 2 saturated heterocycles. The summed E-state index contributed by atoms with van der Waals surface area (Å²) in [6.45, 7) is 4.99. The highest BCUT2D eigenvalue weighted by atomic mass is 19.4. The van der Waals surface area contributed by atoms with Gasteiger partial charge in [0, 0.05) is 32.4 Å². The number of hydrogen-bond donors (Lipinski definition) is 1. The summed E-state index contributed by atoms with van der Waals surface area (Å²) in [5.41, 5.74) is -2.11. The molecule has 0 aliphatic carbocycles. The number of nitriles is 1. The van der Waals surface area contributed by atoms with E-state index in [9.17, 15) is 22.8 Å². The van der Waals surface area contributed by atoms with E-state index in [-0.39, 0.29) is 18.8 Å². The molecule has 2 fully saturated rings. The van der Waals surface area contributed by atoms with E-state index in [0.717, 1.165) is 63.9 Å². The van der Waals surface area contributed by atoms with Crippen LogP contribution in [0.25, 0.3) is 0 Å². The molecule has 2 aromatic rings. The van der Waals surface area contributed by atoms with Gasteiger partial charge in [0.15, 0.2) is 11.3 Å². The number of piperazine rings is 1. The molecule has 0 saturated carbocycles. The first-order chi connectivity index (χ1) is 17.2. The lowest BCUT2D eigenvalue weighted by molar-refractivity contribution is -0.140. The minimum Gasteiger partial charge on any atom is -0.488 e. The number of nitrogens with zero attached hydrogens (tertiary/aromatic N) is 5. The molecular weight excluding hydrogens is 481 g/mol. The summed E-state index contributed by atoms with van der Waals surface area (Å²) < 4.78 is 49.0. The van der Waals surface area contributed by atoms with Crippen molar-refractivity contribution in [3.8, 4) is 11.8 Å². The molecule has 4 heterocycles. The Bertz CT molecular complexity index is 1090. The zero-order valence-corrected chi connectivity index (χ0v) is 19.7. The Morgan fingerprint density at radius 1 is 1.22 bits per heavy atom. The summed E-state index contributed by atoms with van der Waals surface area (Å²) in [4.78, 5) is 29.9. The fourth-order valence-corrected chi connectivity index (χ4v) is 3.84. The summed E-state index contributed by atoms with van der Waals surface area (Å²) in [5, 5.41) is 13.7. The summed E-state index contributed by atoms with van der Waals surface area (Å²) in [5.74, 6) is 0.300. The van der Waals surface area contributed by atoms with Crippen molar-refractivity contribution in [1.82, 2.24) is 20.1 Å². The highest BCUT2D eigenvalue weighted by Crippen LogP contribution is 2.33. The number of hydrogen-bond acceptors (Lipinski definition) is 8. The zero-order chi connectivity index (χ0) is 26.1. The second kappa shape index (κ2) is 12.3. The number of halogens is 3. The molecule has 10 nitrogen and oxygen atoms in total. The topological polar surface area (TPSA) is 124 Å². The van der Waals surface area contributed by atoms with Crippen molar-refractivity contribution in [2.24, 2.45) is 0 Å². The third kappa shape index (κ3) is 7.17. The van der Waals surface area contributed by atoms with Crippen LogP contribution in [0.3, 0.4) is 0 Å². The number of anilines is 1. The first kappa shape index (κ1) is 26.9. The van der Waals surface area contributed by atoms with Crippen molar-refractivity contribution >= 4 is 12.2 Å². The van der Waals surface area contributed by atoms with Gasteiger partial charge in [-0.2, -0.15) is 23.5 Å². The Balaban J connectivity index is 0.000000205. The Morgan fingerprint density at radius 3 is 2.50 bits per heavy atom. The molecule has 194 valence electrons. The third-order valence-corrected chi connectivity index (χ3v) is 5.84. The SMILES string of the molecule is CCC1CCC(COc2cn[nH]c(=O)c2C(F)(F)F)O1.N#Cc1ccc(N2CCN(C=O)CC2)nc1. The molecule has 0 bridgehead atoms. The second-order valence-electron chi connectivity index (χ2n) is 8.26. The van der Waals surface area contributed by atoms with Crippen LogP contribution in [0.2, 0.25) is 0 Å². The van der Waals surface area contributed by atoms with Crippen LogP contribution in [-0.2, 0) is 15.7 Å². The quantitative estimate of drug-likeness (QED) is 0.590. The first-order valence-corrected chi connectivity index (χ1v) is 11.5. The fraction of sp³-hybridized carbons (Fsp3) is 0.522. The zero-order valence-electron chi connectivity index (χ0n) is 19.7. The molecule has 0 spiro atoms. The lowest BCUT2D eigenvalue weighted by Crippen LogP contribution is -2.46. The Kier molecular flexibility index (Phi) is 9.24. The Morgan fingerprint density at radius 2 is 1.94 bits per heavy atom. The number of aromatic amines is 1. The maximum Gasteiger partial charge on any atom is 0.425 e. The highest BCUT2D eigenvalue weighted by molar-refractivity contribution is 5.49. The number of pyridine rings is 1. The van der Waals surface area contributed by atoms with Crippen molar-refractivity contribution in [1.29, 1.82) is 5.26 Å². The molecule has 2 aliphatic heterocycles. The molecule has 13 heteroatoms. The van der Waals surface area contributed by atoms with Gasteiger partial charge >= 0.3 is 6.18 Å². The van der Waals surface area contributed by atoms with Gasteiger partial charge in [0.2, 0.25) is 6.41 Å². The first-order valence-electron chi connectivity index (χ1n) is 11.5. The van der Waals surface area contributed by atoms with Gasteiger partial charge in [-0.05, 0) is 31.4 Å². The van der Waals surface area contributed by atoms with Crippen LogP contribution in [0.15, 0.2) is 29.3 Å². The van der Waals surface area contributed by atoms with Gasteiger partial charge in [0.1, 0.15) is 18.5 Å². The number of carbonyl (C=O) groups is 1. The molecule has 36 heavy (non-hydrogen) atoms. The number of aromatic nitrogens is 3. The molecule has 2 atom stereocenters. The van der Waals surface area contributed by atoms with E-state index >= 15 is 0 Å². The predicted molar refractivity (Wildman–Crippen MR) is 122 cm³/mol. The van der Waals surface area contributed by atoms with E-state index in [0.29, 0.717) is 5.56 Å². The van der Waals surface area contributed by atoms with Gasteiger partial charge < -0.3 is 19.3 Å². The van der Waals surface area contributed by atoms with Crippen LogP contribution in [0.4, 0.5) is 19.0 Å². The van der Waals surface area contributed by atoms with E-state index < -0.39 is 23.0 Å². The maximum absolute atomic E-state index is 12.8. The lowest BCUT2D eigenvalue weighted by atomic mass is 10.2. The van der Waals surface area contributed by atoms with E-state index in [1.165, 1.54) is 0 Å². The minimum absolute atomic E-state index is 0.0231. The number of rotatable bonds is 6. The number of carbonyl (C=O) groups excluding carboxylic acids is 1. The molecule has 1 amide bonds. The van der Waals surface area contributed by atoms with Gasteiger partial charge in [-0.25, -0.2) is 10.1 Å². The number of nitrogens with one attached hydrogen (secondary N) is 1. The highest BCUT2D eigenvalue weighted by Gasteiger charge is 2.38. The Hall–Kier alpha value is -3.66. The molecule has 2 aliphatic rings. The van der Waals surface area contributed by atoms with E-state index in [1.54, 1.807) is 22.3 Å². The molecule has 4 rings (SSSR count). The van der Waals surface area contributed by atoms with Gasteiger partial charge in [-0.15, -0.1) is 0 Å². The Labute approximate surface area is 205 Å².